The van der Waals surface area contributed by atoms with Crippen molar-refractivity contribution in [2.24, 2.45) is 0 Å². The first kappa shape index (κ1) is 11.2. The minimum Gasteiger partial charge on any atom is -0.529 e. The van der Waals surface area contributed by atoms with E-state index in [-0.39, 0.29) is 24.0 Å². The van der Waals surface area contributed by atoms with Gasteiger partial charge in [-0.3, -0.25) is 4.57 Å². The van der Waals surface area contributed by atoms with Crippen molar-refractivity contribution in [3.05, 3.63) is 35.5 Å². The minimum absolute atomic E-state index is 0. The largest absolute Gasteiger partial charge is 1.00 e. The van der Waals surface area contributed by atoms with Gasteiger partial charge in [-0.15, -0.1) is 0 Å². The number of carboxylic acid groups (broad SMARTS) is 1. The van der Waals surface area contributed by atoms with Crippen LogP contribution in [0.4, 0.5) is 4.79 Å². The number of carbonyl (C=O) groups excluding carboxylic acids is 1. The molecule has 0 fully saturated rings. The monoisotopic (exact) mass is 201 g/mol. The summed E-state index contributed by atoms with van der Waals surface area (Å²) in [6, 6.07) is 8.63. The maximum Gasteiger partial charge on any atom is 1.00 e. The van der Waals surface area contributed by atoms with Crippen molar-refractivity contribution in [1.82, 2.24) is 4.57 Å². The first-order valence-electron chi connectivity index (χ1n) is 3.67. The summed E-state index contributed by atoms with van der Waals surface area (Å²) in [6.07, 6.45) is -1.31. The summed E-state index contributed by atoms with van der Waals surface area (Å²) in [4.78, 5) is 10.7. The van der Waals surface area contributed by atoms with Crippen molar-refractivity contribution in [3.8, 4) is 0 Å². The Balaban J connectivity index is 0.000000980. The molecule has 0 spiro atoms. The molecule has 0 amide bonds. The van der Waals surface area contributed by atoms with Crippen LogP contribution in [0.2, 0.25) is 5.15 Å². The Hall–Kier alpha value is -0.883. The van der Waals surface area contributed by atoms with E-state index in [1.165, 1.54) is 0 Å². The molecule has 0 aliphatic rings. The third kappa shape index (κ3) is 1.67. The van der Waals surface area contributed by atoms with Gasteiger partial charge >= 0.3 is 18.9 Å². The molecule has 2 aromatic rings. The Bertz CT molecular complexity index is 481. The van der Waals surface area contributed by atoms with Crippen molar-refractivity contribution >= 4 is 28.6 Å². The van der Waals surface area contributed by atoms with Crippen molar-refractivity contribution in [1.29, 1.82) is 0 Å². The van der Waals surface area contributed by atoms with Crippen LogP contribution in [-0.4, -0.2) is 10.7 Å². The predicted octanol–water partition coefficient (Wildman–Crippen LogP) is -1.51. The number of para-hydroxylation sites is 1. The van der Waals surface area contributed by atoms with Crippen molar-refractivity contribution < 1.29 is 28.8 Å². The van der Waals surface area contributed by atoms with E-state index in [1.54, 1.807) is 24.3 Å². The summed E-state index contributed by atoms with van der Waals surface area (Å²) >= 11 is 5.70. The van der Waals surface area contributed by atoms with E-state index in [0.717, 1.165) is 9.95 Å². The van der Waals surface area contributed by atoms with Crippen molar-refractivity contribution in [2.45, 2.75) is 0 Å². The van der Waals surface area contributed by atoms with Gasteiger partial charge < -0.3 is 9.90 Å². The van der Waals surface area contributed by atoms with Crippen LogP contribution in [0.15, 0.2) is 30.3 Å². The van der Waals surface area contributed by atoms with E-state index < -0.39 is 6.09 Å². The molecule has 5 heteroatoms. The van der Waals surface area contributed by atoms with Crippen LogP contribution < -0.4 is 24.0 Å². The van der Waals surface area contributed by atoms with E-state index in [4.69, 9.17) is 11.6 Å². The van der Waals surface area contributed by atoms with Crippen LogP contribution in [0.3, 0.4) is 0 Å². The number of hydrogen-bond acceptors (Lipinski definition) is 2. The molecule has 0 bridgehead atoms. The van der Waals surface area contributed by atoms with Crippen LogP contribution >= 0.6 is 11.6 Å². The molecule has 3 nitrogen and oxygen atoms in total. The van der Waals surface area contributed by atoms with Gasteiger partial charge in [0, 0.05) is 5.39 Å². The Morgan fingerprint density at radius 2 is 2.00 bits per heavy atom. The second kappa shape index (κ2) is 4.10. The standard InChI is InChI=1S/C9H6ClNO2.Li/c10-8-5-6-3-1-2-4-7(6)11(8)9(12)13;/h1-5H,(H,12,13);/q;+1/p-1. The van der Waals surface area contributed by atoms with Gasteiger partial charge in [0.1, 0.15) is 11.2 Å². The van der Waals surface area contributed by atoms with Gasteiger partial charge in [0.05, 0.1) is 5.52 Å². The maximum atomic E-state index is 10.7. The Morgan fingerprint density at radius 1 is 1.36 bits per heavy atom. The van der Waals surface area contributed by atoms with Crippen LogP contribution in [0.25, 0.3) is 10.9 Å². The first-order valence-corrected chi connectivity index (χ1v) is 4.05. The molecule has 0 unspecified atom stereocenters. The van der Waals surface area contributed by atoms with Gasteiger partial charge in [0.15, 0.2) is 0 Å². The Morgan fingerprint density at radius 3 is 2.64 bits per heavy atom. The van der Waals surface area contributed by atoms with Gasteiger partial charge in [0.2, 0.25) is 0 Å². The van der Waals surface area contributed by atoms with Gasteiger partial charge in [-0.25, -0.2) is 0 Å². The average Bonchev–Trinajstić information content (AvgIpc) is 2.39. The van der Waals surface area contributed by atoms with Crippen LogP contribution in [-0.2, 0) is 0 Å². The summed E-state index contributed by atoms with van der Waals surface area (Å²) in [6.45, 7) is 0. The van der Waals surface area contributed by atoms with E-state index in [9.17, 15) is 9.90 Å². The second-order valence-corrected chi connectivity index (χ2v) is 3.01. The number of benzene rings is 1. The van der Waals surface area contributed by atoms with Crippen molar-refractivity contribution in [3.63, 3.8) is 0 Å². The SMILES string of the molecule is O=C([O-])n1c(Cl)cc2ccccc21.[Li+]. The molecule has 14 heavy (non-hydrogen) atoms. The second-order valence-electron chi connectivity index (χ2n) is 2.63. The molecule has 1 aromatic heterocycles. The zero-order chi connectivity index (χ0) is 9.42. The molecule has 2 rings (SSSR count). The van der Waals surface area contributed by atoms with E-state index in [2.05, 4.69) is 0 Å². The number of nitrogens with zero attached hydrogens (tertiary/aromatic N) is 1. The molecular weight excluding hydrogens is 196 g/mol. The Kier molecular flexibility index (Phi) is 3.28. The normalized spacial score (nSPS) is 9.79. The fraction of sp³-hybridized carbons (Fsp3) is 0. The van der Waals surface area contributed by atoms with E-state index >= 15 is 0 Å². The summed E-state index contributed by atoms with van der Waals surface area (Å²) in [7, 11) is 0. The van der Waals surface area contributed by atoms with Crippen LogP contribution in [0.1, 0.15) is 0 Å². The zero-order valence-electron chi connectivity index (χ0n) is 7.53. The minimum atomic E-state index is -1.31. The topological polar surface area (TPSA) is 45.1 Å². The first-order chi connectivity index (χ1) is 6.20. The molecule has 0 saturated heterocycles. The molecule has 0 N–H and O–H groups in total. The van der Waals surface area contributed by atoms with E-state index in [0.29, 0.717) is 5.52 Å². The summed E-state index contributed by atoms with van der Waals surface area (Å²) in [5.74, 6) is 0. The number of hydrogen-bond donors (Lipinski definition) is 0. The van der Waals surface area contributed by atoms with Crippen LogP contribution in [0.5, 0.6) is 0 Å². The fourth-order valence-corrected chi connectivity index (χ4v) is 1.58. The zero-order valence-corrected chi connectivity index (χ0v) is 8.28. The predicted molar refractivity (Wildman–Crippen MR) is 47.7 cm³/mol. The quantitative estimate of drug-likeness (QED) is 0.487. The third-order valence-corrected chi connectivity index (χ3v) is 2.13. The number of rotatable bonds is 0. The molecule has 66 valence electrons. The third-order valence-electron chi connectivity index (χ3n) is 1.85. The Labute approximate surface area is 97.5 Å². The molecule has 1 heterocycles. The van der Waals surface area contributed by atoms with Crippen LogP contribution in [0, 0.1) is 0 Å². The molecule has 1 aromatic carbocycles. The number of halogens is 1. The number of carbonyl (C=O) groups is 1. The average molecular weight is 202 g/mol. The van der Waals surface area contributed by atoms with Gasteiger partial charge in [-0.2, -0.15) is 0 Å². The molecule has 0 aliphatic heterocycles. The van der Waals surface area contributed by atoms with Crippen molar-refractivity contribution in [2.75, 3.05) is 0 Å². The summed E-state index contributed by atoms with van der Waals surface area (Å²) < 4.78 is 0.941. The maximum absolute atomic E-state index is 10.7. The molecular formula is C9H5ClLiNO2. The fourth-order valence-electron chi connectivity index (χ4n) is 1.31. The van der Waals surface area contributed by atoms with Gasteiger partial charge in [-0.05, 0) is 12.1 Å². The molecule has 0 aliphatic carbocycles. The molecule has 0 atom stereocenters. The van der Waals surface area contributed by atoms with E-state index in [1.807, 2.05) is 6.07 Å². The summed E-state index contributed by atoms with van der Waals surface area (Å²) in [5.41, 5.74) is 0.549. The number of fused-ring (bicyclic) bond motifs is 1. The smallest absolute Gasteiger partial charge is 0.529 e. The van der Waals surface area contributed by atoms with Gasteiger partial charge in [0.25, 0.3) is 0 Å². The van der Waals surface area contributed by atoms with Gasteiger partial charge in [-0.1, -0.05) is 29.8 Å². The summed E-state index contributed by atoms with van der Waals surface area (Å²) in [5, 5.41) is 11.6. The molecule has 0 saturated carbocycles. The molecule has 0 radical (unpaired) electrons. The number of aromatic nitrogens is 1.